The molecule has 1 amide bonds. The second-order valence-electron chi connectivity index (χ2n) is 3.49. The zero-order valence-corrected chi connectivity index (χ0v) is 11.3. The van der Waals surface area contributed by atoms with Crippen LogP contribution >= 0.6 is 23.1 Å². The number of carbonyl (C=O) groups excluding carboxylic acids is 1. The largest absolute Gasteiger partial charge is 0.375 e. The molecule has 3 N–H and O–H groups in total. The van der Waals surface area contributed by atoms with Crippen LogP contribution in [0.3, 0.4) is 0 Å². The lowest BCUT2D eigenvalue weighted by Crippen LogP contribution is -2.26. The number of nitrogens with two attached hydrogens (primary N) is 1. The Kier molecular flexibility index (Phi) is 4.60. The normalized spacial score (nSPS) is 10.2. The summed E-state index contributed by atoms with van der Waals surface area (Å²) in [7, 11) is 0. The van der Waals surface area contributed by atoms with Gasteiger partial charge in [-0.2, -0.15) is 0 Å². The smallest absolute Gasteiger partial charge is 0.270 e. The Hall–Kier alpha value is -1.53. The second kappa shape index (κ2) is 6.42. The Balaban J connectivity index is 1.71. The maximum Gasteiger partial charge on any atom is 0.270 e. The Morgan fingerprint density at radius 3 is 2.83 bits per heavy atom. The predicted molar refractivity (Wildman–Crippen MR) is 76.0 cm³/mol. The van der Waals surface area contributed by atoms with E-state index in [0.29, 0.717) is 17.4 Å². The third-order valence-corrected chi connectivity index (χ3v) is 3.84. The molecule has 2 aromatic rings. The van der Waals surface area contributed by atoms with Gasteiger partial charge in [-0.05, 0) is 12.1 Å². The molecule has 4 nitrogen and oxygen atoms in total. The summed E-state index contributed by atoms with van der Waals surface area (Å²) >= 11 is 2.98. The number of hydrogen-bond donors (Lipinski definition) is 2. The summed E-state index contributed by atoms with van der Waals surface area (Å²) < 4.78 is 0. The van der Waals surface area contributed by atoms with Crippen molar-refractivity contribution in [3.05, 3.63) is 41.4 Å². The van der Waals surface area contributed by atoms with Crippen molar-refractivity contribution in [2.75, 3.05) is 18.0 Å². The van der Waals surface area contributed by atoms with Gasteiger partial charge in [0.1, 0.15) is 5.69 Å². The van der Waals surface area contributed by atoms with E-state index in [1.54, 1.807) is 17.1 Å². The third-order valence-electron chi connectivity index (χ3n) is 2.15. The topological polar surface area (TPSA) is 68.0 Å². The van der Waals surface area contributed by atoms with Gasteiger partial charge in [-0.1, -0.05) is 18.2 Å². The maximum absolute atomic E-state index is 11.6. The van der Waals surface area contributed by atoms with Crippen LogP contribution in [0, 0.1) is 0 Å². The molecule has 2 rings (SSSR count). The number of anilines is 1. The highest BCUT2D eigenvalue weighted by Crippen LogP contribution is 2.16. The minimum atomic E-state index is -0.170. The van der Waals surface area contributed by atoms with Crippen LogP contribution in [0.2, 0.25) is 0 Å². The van der Waals surface area contributed by atoms with Crippen molar-refractivity contribution in [2.24, 2.45) is 0 Å². The van der Waals surface area contributed by atoms with Gasteiger partial charge >= 0.3 is 0 Å². The van der Waals surface area contributed by atoms with E-state index in [9.17, 15) is 4.79 Å². The summed E-state index contributed by atoms with van der Waals surface area (Å²) in [5, 5.41) is 4.89. The molecule has 0 aliphatic carbocycles. The molecule has 0 aliphatic heterocycles. The van der Waals surface area contributed by atoms with E-state index in [1.807, 2.05) is 30.3 Å². The second-order valence-corrected chi connectivity index (χ2v) is 5.55. The van der Waals surface area contributed by atoms with Gasteiger partial charge in [0.25, 0.3) is 5.91 Å². The molecule has 1 heterocycles. The molecule has 0 saturated heterocycles. The van der Waals surface area contributed by atoms with Crippen LogP contribution in [-0.4, -0.2) is 23.2 Å². The molecule has 0 saturated carbocycles. The number of hydrogen-bond acceptors (Lipinski definition) is 5. The lowest BCUT2D eigenvalue weighted by molar-refractivity contribution is 0.0952. The quantitative estimate of drug-likeness (QED) is 0.650. The van der Waals surface area contributed by atoms with E-state index < -0.39 is 0 Å². The molecule has 94 valence electrons. The van der Waals surface area contributed by atoms with Crippen molar-refractivity contribution in [1.82, 2.24) is 10.3 Å². The summed E-state index contributed by atoms with van der Waals surface area (Å²) in [6.45, 7) is 0.607. The molecular weight excluding hydrogens is 266 g/mol. The molecule has 1 aromatic heterocycles. The minimum absolute atomic E-state index is 0.170. The first-order valence-corrected chi connectivity index (χ1v) is 7.29. The van der Waals surface area contributed by atoms with E-state index in [1.165, 1.54) is 16.2 Å². The van der Waals surface area contributed by atoms with Crippen LogP contribution in [0.5, 0.6) is 0 Å². The molecule has 0 atom stereocenters. The number of thiazole rings is 1. The molecule has 0 bridgehead atoms. The molecule has 0 fully saturated rings. The van der Waals surface area contributed by atoms with E-state index >= 15 is 0 Å². The van der Waals surface area contributed by atoms with Crippen LogP contribution in [0.4, 0.5) is 5.13 Å². The number of nitrogens with one attached hydrogen (secondary N) is 1. The Morgan fingerprint density at radius 2 is 2.17 bits per heavy atom. The van der Waals surface area contributed by atoms with E-state index in [0.717, 1.165) is 5.75 Å². The van der Waals surface area contributed by atoms with Crippen molar-refractivity contribution < 1.29 is 4.79 Å². The van der Waals surface area contributed by atoms with Crippen molar-refractivity contribution in [3.63, 3.8) is 0 Å². The van der Waals surface area contributed by atoms with Crippen molar-refractivity contribution in [2.45, 2.75) is 4.90 Å². The van der Waals surface area contributed by atoms with Gasteiger partial charge in [0, 0.05) is 22.6 Å². The van der Waals surface area contributed by atoms with Gasteiger partial charge in [-0.25, -0.2) is 4.98 Å². The molecule has 0 unspecified atom stereocenters. The number of thioether (sulfide) groups is 1. The first kappa shape index (κ1) is 12.9. The summed E-state index contributed by atoms with van der Waals surface area (Å²) in [5.41, 5.74) is 5.86. The Bertz CT molecular complexity index is 513. The van der Waals surface area contributed by atoms with Crippen LogP contribution in [0.15, 0.2) is 40.6 Å². The average Bonchev–Trinajstić information content (AvgIpc) is 2.82. The number of aromatic nitrogens is 1. The summed E-state index contributed by atoms with van der Waals surface area (Å²) in [6.07, 6.45) is 0. The van der Waals surface area contributed by atoms with E-state index in [-0.39, 0.29) is 5.91 Å². The minimum Gasteiger partial charge on any atom is -0.375 e. The third kappa shape index (κ3) is 3.75. The predicted octanol–water partition coefficient (Wildman–Crippen LogP) is 2.25. The van der Waals surface area contributed by atoms with Crippen LogP contribution in [0.1, 0.15) is 10.5 Å². The molecular formula is C12H13N3OS2. The first-order chi connectivity index (χ1) is 8.75. The fourth-order valence-electron chi connectivity index (χ4n) is 1.33. The number of nitrogen functional groups attached to an aromatic ring is 1. The van der Waals surface area contributed by atoms with Crippen molar-refractivity contribution >= 4 is 34.1 Å². The van der Waals surface area contributed by atoms with Gasteiger partial charge in [0.05, 0.1) is 0 Å². The fourth-order valence-corrected chi connectivity index (χ4v) is 2.67. The van der Waals surface area contributed by atoms with Crippen LogP contribution < -0.4 is 11.1 Å². The molecule has 18 heavy (non-hydrogen) atoms. The maximum atomic E-state index is 11.6. The summed E-state index contributed by atoms with van der Waals surface area (Å²) in [5.74, 6) is 0.659. The molecule has 0 spiro atoms. The standard InChI is InChI=1S/C12H13N3OS2/c13-12-15-10(8-18-12)11(16)14-6-7-17-9-4-2-1-3-5-9/h1-5,8H,6-7H2,(H2,13,15)(H,14,16). The van der Waals surface area contributed by atoms with Gasteiger partial charge in [-0.3, -0.25) is 4.79 Å². The number of rotatable bonds is 5. The number of carbonyl (C=O) groups is 1. The zero-order valence-electron chi connectivity index (χ0n) is 9.63. The lowest BCUT2D eigenvalue weighted by Gasteiger charge is -2.03. The van der Waals surface area contributed by atoms with Crippen molar-refractivity contribution in [1.29, 1.82) is 0 Å². The van der Waals surface area contributed by atoms with Gasteiger partial charge in [-0.15, -0.1) is 23.1 Å². The monoisotopic (exact) mass is 279 g/mol. The SMILES string of the molecule is Nc1nc(C(=O)NCCSc2ccccc2)cs1. The summed E-state index contributed by atoms with van der Waals surface area (Å²) in [6, 6.07) is 10.1. The molecule has 1 aromatic carbocycles. The summed E-state index contributed by atoms with van der Waals surface area (Å²) in [4.78, 5) is 16.8. The highest BCUT2D eigenvalue weighted by atomic mass is 32.2. The Morgan fingerprint density at radius 1 is 1.39 bits per heavy atom. The molecule has 0 aliphatic rings. The lowest BCUT2D eigenvalue weighted by atomic mass is 10.4. The molecule has 6 heteroatoms. The molecule has 0 radical (unpaired) electrons. The highest BCUT2D eigenvalue weighted by molar-refractivity contribution is 7.99. The number of benzene rings is 1. The Labute approximate surface area is 114 Å². The van der Waals surface area contributed by atoms with E-state index in [2.05, 4.69) is 10.3 Å². The first-order valence-electron chi connectivity index (χ1n) is 5.43. The average molecular weight is 279 g/mol. The fraction of sp³-hybridized carbons (Fsp3) is 0.167. The van der Waals surface area contributed by atoms with Crippen LogP contribution in [0.25, 0.3) is 0 Å². The van der Waals surface area contributed by atoms with Gasteiger partial charge in [0.2, 0.25) is 0 Å². The zero-order chi connectivity index (χ0) is 12.8. The van der Waals surface area contributed by atoms with Crippen LogP contribution in [-0.2, 0) is 0 Å². The number of amides is 1. The van der Waals surface area contributed by atoms with E-state index in [4.69, 9.17) is 5.73 Å². The number of nitrogens with zero attached hydrogens (tertiary/aromatic N) is 1. The van der Waals surface area contributed by atoms with Gasteiger partial charge in [0.15, 0.2) is 5.13 Å². The van der Waals surface area contributed by atoms with Crippen molar-refractivity contribution in [3.8, 4) is 0 Å². The van der Waals surface area contributed by atoms with Gasteiger partial charge < -0.3 is 11.1 Å². The highest BCUT2D eigenvalue weighted by Gasteiger charge is 2.08.